The largest absolute Gasteiger partial charge is 0.349 e. The van der Waals surface area contributed by atoms with Gasteiger partial charge in [0.25, 0.3) is 5.91 Å². The van der Waals surface area contributed by atoms with Gasteiger partial charge in [-0.05, 0) is 47.5 Å². The van der Waals surface area contributed by atoms with Crippen molar-refractivity contribution in [3.05, 3.63) is 29.8 Å². The van der Waals surface area contributed by atoms with E-state index in [2.05, 4.69) is 40.0 Å². The predicted octanol–water partition coefficient (Wildman–Crippen LogP) is 1.72. The molecule has 0 aliphatic carbocycles. The highest BCUT2D eigenvalue weighted by atomic mass is 32.2. The summed E-state index contributed by atoms with van der Waals surface area (Å²) in [6, 6.07) is 6.90. The molecule has 2 amide bonds. The van der Waals surface area contributed by atoms with Gasteiger partial charge in [0, 0.05) is 24.3 Å². The van der Waals surface area contributed by atoms with Crippen molar-refractivity contribution in [1.82, 2.24) is 25.5 Å². The van der Waals surface area contributed by atoms with Gasteiger partial charge in [-0.2, -0.15) is 0 Å². The third-order valence-electron chi connectivity index (χ3n) is 3.70. The summed E-state index contributed by atoms with van der Waals surface area (Å²) in [6.45, 7) is 6.08. The van der Waals surface area contributed by atoms with Crippen molar-refractivity contribution in [2.24, 2.45) is 13.0 Å². The Balaban J connectivity index is 1.86. The first-order valence-corrected chi connectivity index (χ1v) is 8.91. The van der Waals surface area contributed by atoms with Gasteiger partial charge in [0.15, 0.2) is 0 Å². The lowest BCUT2D eigenvalue weighted by atomic mass is 10.1. The average molecular weight is 362 g/mol. The summed E-state index contributed by atoms with van der Waals surface area (Å²) in [5.74, 6) is 0.273. The molecule has 0 spiro atoms. The highest BCUT2D eigenvalue weighted by Crippen LogP contribution is 2.14. The van der Waals surface area contributed by atoms with Gasteiger partial charge in [-0.3, -0.25) is 9.59 Å². The molecule has 8 nitrogen and oxygen atoms in total. The second-order valence-electron chi connectivity index (χ2n) is 6.01. The van der Waals surface area contributed by atoms with Gasteiger partial charge in [0.05, 0.1) is 5.75 Å². The van der Waals surface area contributed by atoms with Gasteiger partial charge in [0.1, 0.15) is 0 Å². The minimum absolute atomic E-state index is 0.0963. The number of nitrogens with one attached hydrogen (secondary N) is 2. The maximum Gasteiger partial charge on any atom is 0.251 e. The van der Waals surface area contributed by atoms with Crippen molar-refractivity contribution >= 4 is 29.3 Å². The molecule has 1 unspecified atom stereocenters. The van der Waals surface area contributed by atoms with E-state index in [1.54, 1.807) is 31.3 Å². The first-order chi connectivity index (χ1) is 11.9. The second-order valence-corrected chi connectivity index (χ2v) is 6.95. The number of aryl methyl sites for hydroxylation is 1. The van der Waals surface area contributed by atoms with E-state index in [-0.39, 0.29) is 23.6 Å². The zero-order chi connectivity index (χ0) is 18.4. The van der Waals surface area contributed by atoms with Crippen LogP contribution in [0.25, 0.3) is 0 Å². The van der Waals surface area contributed by atoms with E-state index < -0.39 is 0 Å². The van der Waals surface area contributed by atoms with Crippen LogP contribution in [-0.2, 0) is 11.8 Å². The summed E-state index contributed by atoms with van der Waals surface area (Å²) in [7, 11) is 1.71. The Hall–Kier alpha value is -2.42. The molecule has 0 radical (unpaired) electrons. The summed E-state index contributed by atoms with van der Waals surface area (Å²) >= 11 is 1.25. The molecule has 0 saturated heterocycles. The van der Waals surface area contributed by atoms with Crippen molar-refractivity contribution in [2.45, 2.75) is 32.0 Å². The minimum Gasteiger partial charge on any atom is -0.349 e. The van der Waals surface area contributed by atoms with Crippen molar-refractivity contribution < 1.29 is 9.59 Å². The molecule has 0 aliphatic heterocycles. The molecule has 134 valence electrons. The fraction of sp³-hybridized carbons (Fsp3) is 0.438. The number of nitrogens with zero attached hydrogens (tertiary/aromatic N) is 4. The second kappa shape index (κ2) is 8.61. The number of hydrogen-bond acceptors (Lipinski definition) is 6. The van der Waals surface area contributed by atoms with E-state index in [4.69, 9.17) is 0 Å². The molecule has 0 aliphatic rings. The Labute approximate surface area is 150 Å². The van der Waals surface area contributed by atoms with Gasteiger partial charge in [-0.1, -0.05) is 25.6 Å². The summed E-state index contributed by atoms with van der Waals surface area (Å²) in [6.07, 6.45) is 0. The lowest BCUT2D eigenvalue weighted by molar-refractivity contribution is -0.113. The molecule has 25 heavy (non-hydrogen) atoms. The third-order valence-corrected chi connectivity index (χ3v) is 4.71. The highest BCUT2D eigenvalue weighted by molar-refractivity contribution is 7.99. The molecule has 1 atom stereocenters. The van der Waals surface area contributed by atoms with Crippen LogP contribution in [0.2, 0.25) is 0 Å². The van der Waals surface area contributed by atoms with Gasteiger partial charge in [-0.15, -0.1) is 5.10 Å². The van der Waals surface area contributed by atoms with Crippen LogP contribution < -0.4 is 10.6 Å². The van der Waals surface area contributed by atoms with Crippen LogP contribution in [0.4, 0.5) is 5.69 Å². The zero-order valence-corrected chi connectivity index (χ0v) is 15.5. The highest BCUT2D eigenvalue weighted by Gasteiger charge is 2.13. The molecule has 0 saturated carbocycles. The number of carbonyl (C=O) groups is 2. The molecule has 1 aromatic carbocycles. The van der Waals surface area contributed by atoms with E-state index >= 15 is 0 Å². The summed E-state index contributed by atoms with van der Waals surface area (Å²) in [5, 5.41) is 17.3. The maximum absolute atomic E-state index is 12.1. The fourth-order valence-electron chi connectivity index (χ4n) is 1.83. The molecule has 1 aromatic heterocycles. The lowest BCUT2D eigenvalue weighted by Crippen LogP contribution is -2.36. The molecule has 1 heterocycles. The Morgan fingerprint density at radius 1 is 1.20 bits per heavy atom. The van der Waals surface area contributed by atoms with Crippen molar-refractivity contribution in [1.29, 1.82) is 0 Å². The van der Waals surface area contributed by atoms with E-state index in [1.807, 2.05) is 6.92 Å². The number of rotatable bonds is 7. The van der Waals surface area contributed by atoms with Crippen LogP contribution in [0.3, 0.4) is 0 Å². The Bertz CT molecular complexity index is 728. The van der Waals surface area contributed by atoms with Crippen molar-refractivity contribution in [3.63, 3.8) is 0 Å². The molecule has 0 bridgehead atoms. The normalized spacial score (nSPS) is 12.0. The monoisotopic (exact) mass is 362 g/mol. The predicted molar refractivity (Wildman–Crippen MR) is 96.4 cm³/mol. The van der Waals surface area contributed by atoms with E-state index in [0.717, 1.165) is 0 Å². The molecular formula is C16H22N6O2S. The zero-order valence-electron chi connectivity index (χ0n) is 14.7. The van der Waals surface area contributed by atoms with Crippen LogP contribution in [-0.4, -0.2) is 43.8 Å². The number of benzene rings is 1. The van der Waals surface area contributed by atoms with E-state index in [1.165, 1.54) is 16.4 Å². The smallest absolute Gasteiger partial charge is 0.251 e. The first kappa shape index (κ1) is 18.9. The van der Waals surface area contributed by atoms with Gasteiger partial charge in [-0.25, -0.2) is 4.68 Å². The van der Waals surface area contributed by atoms with Crippen LogP contribution >= 0.6 is 11.8 Å². The van der Waals surface area contributed by atoms with Crippen LogP contribution in [0.5, 0.6) is 0 Å². The molecular weight excluding hydrogens is 340 g/mol. The summed E-state index contributed by atoms with van der Waals surface area (Å²) in [5.41, 5.74) is 1.19. The SMILES string of the molecule is CC(C)C(C)NC(=O)c1ccc(NC(=O)CSc2nnnn2C)cc1. The molecule has 9 heteroatoms. The molecule has 0 fully saturated rings. The van der Waals surface area contributed by atoms with Crippen molar-refractivity contribution in [2.75, 3.05) is 11.1 Å². The third kappa shape index (κ3) is 5.56. The topological polar surface area (TPSA) is 102 Å². The number of anilines is 1. The minimum atomic E-state index is -0.168. The van der Waals surface area contributed by atoms with Gasteiger partial charge in [0.2, 0.25) is 11.1 Å². The number of aromatic nitrogens is 4. The molecule has 2 aromatic rings. The van der Waals surface area contributed by atoms with Crippen LogP contribution in [0, 0.1) is 5.92 Å². The lowest BCUT2D eigenvalue weighted by Gasteiger charge is -2.17. The fourth-order valence-corrected chi connectivity index (χ4v) is 2.48. The van der Waals surface area contributed by atoms with E-state index in [9.17, 15) is 9.59 Å². The van der Waals surface area contributed by atoms with Gasteiger partial charge >= 0.3 is 0 Å². The standard InChI is InChI=1S/C16H22N6O2S/c1-10(2)11(3)17-15(24)12-5-7-13(8-6-12)18-14(23)9-25-16-19-20-21-22(16)4/h5-8,10-11H,9H2,1-4H3,(H,17,24)(H,18,23). The Morgan fingerprint density at radius 3 is 2.44 bits per heavy atom. The number of hydrogen-bond donors (Lipinski definition) is 2. The van der Waals surface area contributed by atoms with Crippen LogP contribution in [0.1, 0.15) is 31.1 Å². The van der Waals surface area contributed by atoms with Gasteiger partial charge < -0.3 is 10.6 Å². The van der Waals surface area contributed by atoms with Crippen LogP contribution in [0.15, 0.2) is 29.4 Å². The van der Waals surface area contributed by atoms with E-state index in [0.29, 0.717) is 22.3 Å². The maximum atomic E-state index is 12.1. The Kier molecular flexibility index (Phi) is 6.51. The first-order valence-electron chi connectivity index (χ1n) is 7.92. The number of carbonyl (C=O) groups excluding carboxylic acids is 2. The number of tetrazole rings is 1. The number of thioether (sulfide) groups is 1. The Morgan fingerprint density at radius 2 is 1.88 bits per heavy atom. The quantitative estimate of drug-likeness (QED) is 0.727. The molecule has 2 rings (SSSR count). The summed E-state index contributed by atoms with van der Waals surface area (Å²) in [4.78, 5) is 24.1. The van der Waals surface area contributed by atoms with Crippen molar-refractivity contribution in [3.8, 4) is 0 Å². The summed E-state index contributed by atoms with van der Waals surface area (Å²) < 4.78 is 1.50. The average Bonchev–Trinajstić information content (AvgIpc) is 2.98. The number of amides is 2. The molecule has 2 N–H and O–H groups in total.